The Morgan fingerprint density at radius 1 is 1.29 bits per heavy atom. The summed E-state index contributed by atoms with van der Waals surface area (Å²) in [5.41, 5.74) is 1.49. The zero-order chi connectivity index (χ0) is 12.3. The van der Waals surface area contributed by atoms with Crippen molar-refractivity contribution in [3.8, 4) is 0 Å². The molecule has 0 aliphatic heterocycles. The zero-order valence-corrected chi connectivity index (χ0v) is 9.48. The average molecular weight is 232 g/mol. The molecule has 0 bridgehead atoms. The molecule has 0 unspecified atom stereocenters. The molecule has 0 radical (unpaired) electrons. The van der Waals surface area contributed by atoms with Crippen LogP contribution in [0.1, 0.15) is 15.9 Å². The first-order valence-corrected chi connectivity index (χ1v) is 5.30. The fourth-order valence-electron chi connectivity index (χ4n) is 1.55. The largest absolute Gasteiger partial charge is 0.357 e. The molecule has 3 nitrogen and oxygen atoms in total. The van der Waals surface area contributed by atoms with Crippen LogP contribution in [0.15, 0.2) is 42.7 Å². The van der Waals surface area contributed by atoms with Crippen LogP contribution in [0.4, 0.5) is 4.39 Å². The Labute approximate surface area is 98.9 Å². The van der Waals surface area contributed by atoms with Gasteiger partial charge in [0.1, 0.15) is 5.82 Å². The molecule has 1 heterocycles. The van der Waals surface area contributed by atoms with E-state index < -0.39 is 0 Å². The van der Waals surface area contributed by atoms with E-state index in [0.717, 1.165) is 5.56 Å². The zero-order valence-electron chi connectivity index (χ0n) is 9.48. The number of amides is 1. The van der Waals surface area contributed by atoms with Crippen molar-refractivity contribution < 1.29 is 9.18 Å². The van der Waals surface area contributed by atoms with E-state index in [0.29, 0.717) is 12.1 Å². The van der Waals surface area contributed by atoms with Gasteiger partial charge in [-0.1, -0.05) is 0 Å². The highest BCUT2D eigenvalue weighted by Gasteiger charge is 2.05. The normalized spacial score (nSPS) is 10.2. The molecule has 0 atom stereocenters. The van der Waals surface area contributed by atoms with Crippen molar-refractivity contribution in [1.29, 1.82) is 0 Å². The van der Waals surface area contributed by atoms with Crippen LogP contribution in [0.25, 0.3) is 0 Å². The molecule has 17 heavy (non-hydrogen) atoms. The highest BCUT2D eigenvalue weighted by atomic mass is 19.1. The monoisotopic (exact) mass is 232 g/mol. The average Bonchev–Trinajstić information content (AvgIpc) is 2.73. The van der Waals surface area contributed by atoms with Crippen molar-refractivity contribution in [2.45, 2.75) is 6.54 Å². The highest BCUT2D eigenvalue weighted by Crippen LogP contribution is 2.04. The summed E-state index contributed by atoms with van der Waals surface area (Å²) >= 11 is 0. The number of nitrogens with one attached hydrogen (secondary N) is 1. The summed E-state index contributed by atoms with van der Waals surface area (Å²) < 4.78 is 14.6. The fourth-order valence-corrected chi connectivity index (χ4v) is 1.55. The number of nitrogens with zero attached hydrogens (tertiary/aromatic N) is 1. The number of aryl methyl sites for hydroxylation is 1. The maximum absolute atomic E-state index is 12.7. The molecule has 0 aliphatic carbocycles. The van der Waals surface area contributed by atoms with Crippen molar-refractivity contribution >= 4 is 5.91 Å². The standard InChI is InChI=1S/C13H13FN2O/c1-16-7-6-10(9-16)8-15-13(17)11-2-4-12(14)5-3-11/h2-7,9H,8H2,1H3,(H,15,17). The van der Waals surface area contributed by atoms with Crippen LogP contribution in [0.3, 0.4) is 0 Å². The first-order chi connectivity index (χ1) is 8.15. The predicted octanol–water partition coefficient (Wildman–Crippen LogP) is 2.09. The summed E-state index contributed by atoms with van der Waals surface area (Å²) in [5, 5.41) is 2.77. The van der Waals surface area contributed by atoms with Crippen LogP contribution < -0.4 is 5.32 Å². The van der Waals surface area contributed by atoms with Crippen molar-refractivity contribution in [2.75, 3.05) is 0 Å². The Bertz CT molecular complexity index is 516. The highest BCUT2D eigenvalue weighted by molar-refractivity contribution is 5.94. The Kier molecular flexibility index (Phi) is 3.23. The van der Waals surface area contributed by atoms with Gasteiger partial charge in [-0.15, -0.1) is 0 Å². The number of hydrogen-bond donors (Lipinski definition) is 1. The first kappa shape index (κ1) is 11.4. The number of carbonyl (C=O) groups excluding carboxylic acids is 1. The van der Waals surface area contributed by atoms with Crippen molar-refractivity contribution in [3.63, 3.8) is 0 Å². The van der Waals surface area contributed by atoms with E-state index in [-0.39, 0.29) is 11.7 Å². The maximum Gasteiger partial charge on any atom is 0.251 e. The van der Waals surface area contributed by atoms with Gasteiger partial charge >= 0.3 is 0 Å². The van der Waals surface area contributed by atoms with E-state index in [1.807, 2.05) is 30.1 Å². The van der Waals surface area contributed by atoms with E-state index in [1.54, 1.807) is 0 Å². The third kappa shape index (κ3) is 2.93. The van der Waals surface area contributed by atoms with Gasteiger partial charge < -0.3 is 9.88 Å². The molecule has 1 amide bonds. The number of halogens is 1. The van der Waals surface area contributed by atoms with Crippen molar-refractivity contribution in [2.24, 2.45) is 7.05 Å². The first-order valence-electron chi connectivity index (χ1n) is 5.30. The fraction of sp³-hybridized carbons (Fsp3) is 0.154. The van der Waals surface area contributed by atoms with E-state index in [9.17, 15) is 9.18 Å². The molecule has 88 valence electrons. The number of aromatic nitrogens is 1. The van der Waals surface area contributed by atoms with E-state index >= 15 is 0 Å². The Balaban J connectivity index is 1.95. The van der Waals surface area contributed by atoms with Crippen LogP contribution in [0.5, 0.6) is 0 Å². The summed E-state index contributed by atoms with van der Waals surface area (Å²) in [6, 6.07) is 7.42. The van der Waals surface area contributed by atoms with E-state index in [2.05, 4.69) is 5.32 Å². The molecule has 1 aromatic carbocycles. The SMILES string of the molecule is Cn1ccc(CNC(=O)c2ccc(F)cc2)c1. The lowest BCUT2D eigenvalue weighted by Gasteiger charge is -2.03. The predicted molar refractivity (Wildman–Crippen MR) is 63.0 cm³/mol. The summed E-state index contributed by atoms with van der Waals surface area (Å²) in [6.07, 6.45) is 3.85. The number of carbonyl (C=O) groups is 1. The molecular weight excluding hydrogens is 219 g/mol. The van der Waals surface area contributed by atoms with Crippen LogP contribution in [0, 0.1) is 5.82 Å². The number of rotatable bonds is 3. The van der Waals surface area contributed by atoms with Gasteiger partial charge in [0, 0.05) is 31.5 Å². The Hall–Kier alpha value is -2.10. The lowest BCUT2D eigenvalue weighted by Crippen LogP contribution is -2.22. The van der Waals surface area contributed by atoms with Crippen LogP contribution in [-0.4, -0.2) is 10.5 Å². The van der Waals surface area contributed by atoms with E-state index in [4.69, 9.17) is 0 Å². The van der Waals surface area contributed by atoms with Crippen LogP contribution in [-0.2, 0) is 13.6 Å². The van der Waals surface area contributed by atoms with Gasteiger partial charge in [-0.2, -0.15) is 0 Å². The van der Waals surface area contributed by atoms with Crippen molar-refractivity contribution in [1.82, 2.24) is 9.88 Å². The van der Waals surface area contributed by atoms with Crippen LogP contribution >= 0.6 is 0 Å². The van der Waals surface area contributed by atoms with Gasteiger partial charge in [0.25, 0.3) is 5.91 Å². The van der Waals surface area contributed by atoms with Gasteiger partial charge in [-0.25, -0.2) is 4.39 Å². The molecule has 0 saturated carbocycles. The topological polar surface area (TPSA) is 34.0 Å². The number of hydrogen-bond acceptors (Lipinski definition) is 1. The molecule has 0 aliphatic rings. The Morgan fingerprint density at radius 3 is 2.59 bits per heavy atom. The van der Waals surface area contributed by atoms with Gasteiger partial charge in [0.2, 0.25) is 0 Å². The molecule has 1 N–H and O–H groups in total. The van der Waals surface area contributed by atoms with Gasteiger partial charge in [0.05, 0.1) is 0 Å². The molecule has 2 aromatic rings. The van der Waals surface area contributed by atoms with E-state index in [1.165, 1.54) is 24.3 Å². The summed E-state index contributed by atoms with van der Waals surface area (Å²) in [6.45, 7) is 0.469. The smallest absolute Gasteiger partial charge is 0.251 e. The Morgan fingerprint density at radius 2 is 2.00 bits per heavy atom. The molecule has 0 fully saturated rings. The third-order valence-electron chi connectivity index (χ3n) is 2.45. The summed E-state index contributed by atoms with van der Waals surface area (Å²) in [5.74, 6) is -0.543. The minimum atomic E-state index is -0.343. The molecular formula is C13H13FN2O. The second kappa shape index (κ2) is 4.82. The van der Waals surface area contributed by atoms with Crippen LogP contribution in [0.2, 0.25) is 0 Å². The number of benzene rings is 1. The second-order valence-corrected chi connectivity index (χ2v) is 3.87. The summed E-state index contributed by atoms with van der Waals surface area (Å²) in [7, 11) is 1.92. The lowest BCUT2D eigenvalue weighted by atomic mass is 10.2. The maximum atomic E-state index is 12.7. The third-order valence-corrected chi connectivity index (χ3v) is 2.45. The summed E-state index contributed by atoms with van der Waals surface area (Å²) in [4.78, 5) is 11.7. The second-order valence-electron chi connectivity index (χ2n) is 3.87. The molecule has 1 aromatic heterocycles. The minimum Gasteiger partial charge on any atom is -0.357 e. The minimum absolute atomic E-state index is 0.200. The van der Waals surface area contributed by atoms with Crippen molar-refractivity contribution in [3.05, 3.63) is 59.7 Å². The quantitative estimate of drug-likeness (QED) is 0.863. The lowest BCUT2D eigenvalue weighted by molar-refractivity contribution is 0.0951. The van der Waals surface area contributed by atoms with Gasteiger partial charge in [-0.3, -0.25) is 4.79 Å². The molecule has 0 saturated heterocycles. The van der Waals surface area contributed by atoms with Gasteiger partial charge in [0.15, 0.2) is 0 Å². The molecule has 4 heteroatoms. The molecule has 2 rings (SSSR count). The molecule has 0 spiro atoms. The van der Waals surface area contributed by atoms with Gasteiger partial charge in [-0.05, 0) is 35.9 Å².